The first-order chi connectivity index (χ1) is 8.74. The number of ether oxygens (including phenoxy) is 1. The van der Waals surface area contributed by atoms with Gasteiger partial charge < -0.3 is 13.0 Å². The Kier molecular flexibility index (Phi) is 4.94. The van der Waals surface area contributed by atoms with Gasteiger partial charge in [0.2, 0.25) is 0 Å². The van der Waals surface area contributed by atoms with E-state index in [0.717, 1.165) is 12.8 Å². The molecule has 0 amide bonds. The minimum Gasteiger partial charge on any atom is -0.486 e. The van der Waals surface area contributed by atoms with E-state index >= 15 is 0 Å². The predicted octanol–water partition coefficient (Wildman–Crippen LogP) is 4.11. The van der Waals surface area contributed by atoms with Crippen molar-refractivity contribution < 1.29 is 13.0 Å². The summed E-state index contributed by atoms with van der Waals surface area (Å²) in [4.78, 5) is 0. The molecule has 0 aromatic heterocycles. The summed E-state index contributed by atoms with van der Waals surface area (Å²) in [5, 5.41) is 11.7. The molecule has 0 unspecified atom stereocenters. The molecule has 0 radical (unpaired) electrons. The van der Waals surface area contributed by atoms with E-state index in [2.05, 4.69) is 5.16 Å². The fraction of sp³-hybridized carbons (Fsp3) is 0.417. The number of oxime groups is 1. The van der Waals surface area contributed by atoms with E-state index in [4.69, 9.17) is 24.6 Å². The first kappa shape index (κ1) is 13.7. The smallest absolute Gasteiger partial charge is 0.192 e. The summed E-state index contributed by atoms with van der Waals surface area (Å²) < 4.78 is 11.1. The summed E-state index contributed by atoms with van der Waals surface area (Å²) in [7, 11) is 0. The molecule has 1 saturated carbocycles. The lowest BCUT2D eigenvalue weighted by Crippen LogP contribution is -2.11. The zero-order valence-electron chi connectivity index (χ0n) is 9.60. The molecule has 0 spiro atoms. The van der Waals surface area contributed by atoms with E-state index in [1.54, 1.807) is 18.2 Å². The Balaban J connectivity index is 2.24. The SMILES string of the molecule is O/N=C(\Cl)c1ccc(OI)c(OC2CCCC2)c1. The molecule has 6 heteroatoms. The number of hydrogen-bond donors (Lipinski definition) is 1. The van der Waals surface area contributed by atoms with Gasteiger partial charge in [0.25, 0.3) is 0 Å². The van der Waals surface area contributed by atoms with Gasteiger partial charge in [-0.05, 0) is 43.9 Å². The molecule has 1 aliphatic carbocycles. The third-order valence-electron chi connectivity index (χ3n) is 2.95. The van der Waals surface area contributed by atoms with Crippen molar-refractivity contribution in [1.82, 2.24) is 0 Å². The van der Waals surface area contributed by atoms with Gasteiger partial charge in [0.15, 0.2) is 39.7 Å². The molecule has 1 fully saturated rings. The van der Waals surface area contributed by atoms with Crippen molar-refractivity contribution in [3.63, 3.8) is 0 Å². The highest BCUT2D eigenvalue weighted by atomic mass is 127. The molecule has 0 heterocycles. The second kappa shape index (κ2) is 6.47. The van der Waals surface area contributed by atoms with Gasteiger partial charge in [0.1, 0.15) is 0 Å². The van der Waals surface area contributed by atoms with Gasteiger partial charge >= 0.3 is 0 Å². The monoisotopic (exact) mass is 381 g/mol. The second-order valence-electron chi connectivity index (χ2n) is 4.15. The van der Waals surface area contributed by atoms with Gasteiger partial charge in [-0.3, -0.25) is 0 Å². The van der Waals surface area contributed by atoms with Crippen LogP contribution in [0.4, 0.5) is 0 Å². The molecular formula is C12H13ClINO3. The van der Waals surface area contributed by atoms with Gasteiger partial charge in [0.05, 0.1) is 6.10 Å². The zero-order valence-corrected chi connectivity index (χ0v) is 12.5. The Morgan fingerprint density at radius 2 is 2.06 bits per heavy atom. The number of benzene rings is 1. The van der Waals surface area contributed by atoms with E-state index in [9.17, 15) is 0 Å². The van der Waals surface area contributed by atoms with Crippen molar-refractivity contribution in [2.75, 3.05) is 0 Å². The van der Waals surface area contributed by atoms with Crippen molar-refractivity contribution >= 4 is 39.8 Å². The van der Waals surface area contributed by atoms with Gasteiger partial charge in [-0.1, -0.05) is 16.8 Å². The van der Waals surface area contributed by atoms with Crippen LogP contribution >= 0.6 is 34.6 Å². The molecule has 2 rings (SSSR count). The topological polar surface area (TPSA) is 51.1 Å². The lowest BCUT2D eigenvalue weighted by molar-refractivity contribution is 0.206. The summed E-state index contributed by atoms with van der Waals surface area (Å²) in [5.41, 5.74) is 0.601. The average Bonchev–Trinajstić information content (AvgIpc) is 2.90. The number of hydrogen-bond acceptors (Lipinski definition) is 4. The average molecular weight is 382 g/mol. The Hall–Kier alpha value is -0.690. The fourth-order valence-corrected chi connectivity index (χ4v) is 2.52. The summed E-state index contributed by atoms with van der Waals surface area (Å²) in [6.07, 6.45) is 4.75. The van der Waals surface area contributed by atoms with Crippen LogP contribution in [0.25, 0.3) is 0 Å². The van der Waals surface area contributed by atoms with Crippen LogP contribution in [0.3, 0.4) is 0 Å². The second-order valence-corrected chi connectivity index (χ2v) is 4.95. The Labute approximate surface area is 125 Å². The van der Waals surface area contributed by atoms with E-state index in [1.807, 2.05) is 23.0 Å². The van der Waals surface area contributed by atoms with E-state index in [0.29, 0.717) is 17.1 Å². The van der Waals surface area contributed by atoms with Crippen molar-refractivity contribution in [2.45, 2.75) is 31.8 Å². The van der Waals surface area contributed by atoms with Crippen molar-refractivity contribution in [3.05, 3.63) is 23.8 Å². The summed E-state index contributed by atoms with van der Waals surface area (Å²) in [5.74, 6) is 1.28. The molecule has 1 N–H and O–H groups in total. The molecule has 4 nitrogen and oxygen atoms in total. The molecular weight excluding hydrogens is 368 g/mol. The van der Waals surface area contributed by atoms with E-state index in [1.165, 1.54) is 12.8 Å². The summed E-state index contributed by atoms with van der Waals surface area (Å²) >= 11 is 7.59. The Morgan fingerprint density at radius 3 is 2.67 bits per heavy atom. The third-order valence-corrected chi connectivity index (χ3v) is 3.72. The van der Waals surface area contributed by atoms with Crippen LogP contribution < -0.4 is 7.80 Å². The lowest BCUT2D eigenvalue weighted by atomic mass is 10.2. The molecule has 98 valence electrons. The van der Waals surface area contributed by atoms with Crippen molar-refractivity contribution in [3.8, 4) is 11.5 Å². The third kappa shape index (κ3) is 3.20. The molecule has 0 saturated heterocycles. The zero-order chi connectivity index (χ0) is 13.0. The quantitative estimate of drug-likeness (QED) is 0.369. The highest BCUT2D eigenvalue weighted by Crippen LogP contribution is 2.34. The maximum Gasteiger partial charge on any atom is 0.192 e. The Morgan fingerprint density at radius 1 is 1.33 bits per heavy atom. The molecule has 18 heavy (non-hydrogen) atoms. The van der Waals surface area contributed by atoms with Crippen molar-refractivity contribution in [2.24, 2.45) is 5.16 Å². The van der Waals surface area contributed by atoms with Crippen LogP contribution in [0.2, 0.25) is 0 Å². The lowest BCUT2D eigenvalue weighted by Gasteiger charge is -2.15. The minimum atomic E-state index is 0.0336. The van der Waals surface area contributed by atoms with Gasteiger partial charge in [0, 0.05) is 5.56 Å². The molecule has 1 aromatic rings. The highest BCUT2D eigenvalue weighted by Gasteiger charge is 2.19. The molecule has 0 atom stereocenters. The molecule has 1 aromatic carbocycles. The van der Waals surface area contributed by atoms with Gasteiger partial charge in [-0.2, -0.15) is 0 Å². The summed E-state index contributed by atoms with van der Waals surface area (Å²) in [6, 6.07) is 5.20. The molecule has 1 aliphatic rings. The van der Waals surface area contributed by atoms with E-state index < -0.39 is 0 Å². The van der Waals surface area contributed by atoms with E-state index in [-0.39, 0.29) is 11.3 Å². The van der Waals surface area contributed by atoms with Crippen LogP contribution in [0.15, 0.2) is 23.4 Å². The van der Waals surface area contributed by atoms with Crippen LogP contribution in [-0.4, -0.2) is 16.5 Å². The predicted molar refractivity (Wildman–Crippen MR) is 78.2 cm³/mol. The van der Waals surface area contributed by atoms with Crippen LogP contribution in [0, 0.1) is 0 Å². The maximum absolute atomic E-state index is 8.67. The normalized spacial score (nSPS) is 16.9. The number of nitrogens with zero attached hydrogens (tertiary/aromatic N) is 1. The largest absolute Gasteiger partial charge is 0.486 e. The number of rotatable bonds is 4. The standard InChI is InChI=1S/C12H13ClINO3/c13-12(15-16)8-5-6-10(18-14)11(7-8)17-9-3-1-2-4-9/h5-7,9,16H,1-4H2/b15-12-. The van der Waals surface area contributed by atoms with Crippen LogP contribution in [0.1, 0.15) is 31.2 Å². The first-order valence-electron chi connectivity index (χ1n) is 5.72. The number of halogens is 2. The van der Waals surface area contributed by atoms with Crippen molar-refractivity contribution in [1.29, 1.82) is 0 Å². The minimum absolute atomic E-state index is 0.0336. The molecule has 0 bridgehead atoms. The van der Waals surface area contributed by atoms with Gasteiger partial charge in [-0.25, -0.2) is 0 Å². The highest BCUT2D eigenvalue weighted by molar-refractivity contribution is 14.1. The van der Waals surface area contributed by atoms with Gasteiger partial charge in [-0.15, -0.1) is 0 Å². The molecule has 0 aliphatic heterocycles. The van der Waals surface area contributed by atoms with Crippen LogP contribution in [-0.2, 0) is 0 Å². The Bertz CT molecular complexity index is 447. The first-order valence-corrected chi connectivity index (χ1v) is 6.97. The maximum atomic E-state index is 8.67. The fourth-order valence-electron chi connectivity index (χ4n) is 2.04. The summed E-state index contributed by atoms with van der Waals surface area (Å²) in [6.45, 7) is 0. The van der Waals surface area contributed by atoms with Crippen LogP contribution in [0.5, 0.6) is 11.5 Å².